The quantitative estimate of drug-likeness (QED) is 0.545. The molecule has 0 saturated carbocycles. The number of nitrogens with zero attached hydrogens (tertiary/aromatic N) is 3. The lowest BCUT2D eigenvalue weighted by Crippen LogP contribution is -2.26. The molecule has 0 N–H and O–H groups in total. The summed E-state index contributed by atoms with van der Waals surface area (Å²) in [6.07, 6.45) is -4.08. The van der Waals surface area contributed by atoms with Crippen LogP contribution in [0.5, 0.6) is 0 Å². The van der Waals surface area contributed by atoms with Gasteiger partial charge in [-0.2, -0.15) is 18.2 Å². The largest absolute Gasteiger partial charge is 0.454 e. The van der Waals surface area contributed by atoms with Gasteiger partial charge < -0.3 is 13.8 Å². The Balaban J connectivity index is 1.63. The van der Waals surface area contributed by atoms with Crippen LogP contribution >= 0.6 is 15.9 Å². The number of hydrogen-bond acceptors (Lipinski definition) is 6. The fourth-order valence-corrected chi connectivity index (χ4v) is 2.61. The molecule has 0 radical (unpaired) electrons. The number of carbonyl (C=O) groups is 1. The first-order valence-corrected chi connectivity index (χ1v) is 8.53. The molecule has 0 fully saturated rings. The molecule has 0 aliphatic rings. The highest BCUT2D eigenvalue weighted by atomic mass is 79.9. The van der Waals surface area contributed by atoms with Crippen molar-refractivity contribution in [3.05, 3.63) is 68.9 Å². The second-order valence-corrected chi connectivity index (χ2v) is 6.48. The molecule has 1 aromatic carbocycles. The number of halogens is 4. The van der Waals surface area contributed by atoms with Crippen molar-refractivity contribution in [1.82, 2.24) is 14.7 Å². The van der Waals surface area contributed by atoms with Gasteiger partial charge in [0.15, 0.2) is 6.61 Å². The topological polar surface area (TPSA) is 87.2 Å². The lowest BCUT2D eigenvalue weighted by molar-refractivity contribution is -0.147. The summed E-state index contributed by atoms with van der Waals surface area (Å²) in [5.74, 6) is -0.648. The molecular weight excluding hydrogens is 447 g/mol. The zero-order valence-electron chi connectivity index (χ0n) is 13.9. The average molecular weight is 458 g/mol. The normalized spacial score (nSPS) is 11.4. The van der Waals surface area contributed by atoms with E-state index in [1.54, 1.807) is 18.2 Å². The molecule has 28 heavy (non-hydrogen) atoms. The number of hydrogen-bond donors (Lipinski definition) is 0. The van der Waals surface area contributed by atoms with Crippen LogP contribution in [0.2, 0.25) is 0 Å². The Bertz CT molecular complexity index is 1060. The Labute approximate surface area is 163 Å². The fraction of sp³-hybridized carbons (Fsp3) is 0.176. The fourth-order valence-electron chi connectivity index (χ4n) is 2.21. The van der Waals surface area contributed by atoms with Gasteiger partial charge in [-0.25, -0.2) is 0 Å². The second-order valence-electron chi connectivity index (χ2n) is 5.56. The molecule has 146 valence electrons. The van der Waals surface area contributed by atoms with Gasteiger partial charge in [0.25, 0.3) is 11.4 Å². The van der Waals surface area contributed by atoms with E-state index < -0.39 is 29.8 Å². The van der Waals surface area contributed by atoms with Crippen molar-refractivity contribution >= 4 is 21.9 Å². The van der Waals surface area contributed by atoms with E-state index in [0.29, 0.717) is 22.4 Å². The number of pyridine rings is 1. The molecule has 0 spiro atoms. The Kier molecular flexibility index (Phi) is 5.63. The Morgan fingerprint density at radius 3 is 2.75 bits per heavy atom. The highest BCUT2D eigenvalue weighted by Crippen LogP contribution is 2.28. The number of rotatable bonds is 5. The van der Waals surface area contributed by atoms with Gasteiger partial charge in [-0.3, -0.25) is 9.59 Å². The van der Waals surface area contributed by atoms with Crippen LogP contribution < -0.4 is 5.56 Å². The number of esters is 1. The Morgan fingerprint density at radius 1 is 1.25 bits per heavy atom. The predicted octanol–water partition coefficient (Wildman–Crippen LogP) is 3.42. The number of aromatic nitrogens is 3. The van der Waals surface area contributed by atoms with Crippen LogP contribution in [-0.4, -0.2) is 20.7 Å². The smallest absolute Gasteiger partial charge is 0.417 e. The standard InChI is InChI=1S/C17H11BrF3N3O4/c18-12-3-1-2-10(6-12)16-22-13(28-23-16)9-27-15(26)8-24-7-11(17(19,20)21)4-5-14(24)25/h1-7H,8-9H2. The van der Waals surface area contributed by atoms with Crippen molar-refractivity contribution in [2.24, 2.45) is 0 Å². The highest BCUT2D eigenvalue weighted by molar-refractivity contribution is 9.10. The van der Waals surface area contributed by atoms with Crippen molar-refractivity contribution in [3.63, 3.8) is 0 Å². The average Bonchev–Trinajstić information content (AvgIpc) is 3.10. The molecule has 7 nitrogen and oxygen atoms in total. The van der Waals surface area contributed by atoms with Gasteiger partial charge in [0.1, 0.15) is 6.54 Å². The van der Waals surface area contributed by atoms with E-state index in [1.165, 1.54) is 0 Å². The first-order valence-electron chi connectivity index (χ1n) is 7.74. The predicted molar refractivity (Wildman–Crippen MR) is 92.9 cm³/mol. The van der Waals surface area contributed by atoms with E-state index in [1.807, 2.05) is 6.07 Å². The Morgan fingerprint density at radius 2 is 2.04 bits per heavy atom. The van der Waals surface area contributed by atoms with Gasteiger partial charge in [-0.05, 0) is 18.2 Å². The summed E-state index contributed by atoms with van der Waals surface area (Å²) < 4.78 is 49.4. The minimum atomic E-state index is -4.63. The molecule has 0 bridgehead atoms. The van der Waals surface area contributed by atoms with Crippen LogP contribution in [-0.2, 0) is 28.9 Å². The SMILES string of the molecule is O=C(Cn1cc(C(F)(F)F)ccc1=O)OCc1nc(-c2cccc(Br)c2)no1. The number of ether oxygens (including phenoxy) is 1. The van der Waals surface area contributed by atoms with E-state index in [9.17, 15) is 22.8 Å². The molecule has 0 saturated heterocycles. The lowest BCUT2D eigenvalue weighted by atomic mass is 10.2. The van der Waals surface area contributed by atoms with Crippen molar-refractivity contribution in [2.45, 2.75) is 19.3 Å². The summed E-state index contributed by atoms with van der Waals surface area (Å²) in [6, 6.07) is 8.50. The summed E-state index contributed by atoms with van der Waals surface area (Å²) >= 11 is 3.32. The van der Waals surface area contributed by atoms with Crippen molar-refractivity contribution in [1.29, 1.82) is 0 Å². The maximum Gasteiger partial charge on any atom is 0.417 e. The molecule has 2 heterocycles. The zero-order chi connectivity index (χ0) is 20.3. The first kappa shape index (κ1) is 19.8. The molecule has 0 amide bonds. The van der Waals surface area contributed by atoms with Gasteiger partial charge in [0, 0.05) is 22.3 Å². The van der Waals surface area contributed by atoms with Gasteiger partial charge >= 0.3 is 12.1 Å². The molecule has 0 unspecified atom stereocenters. The molecule has 2 aromatic heterocycles. The maximum atomic E-state index is 12.7. The maximum absolute atomic E-state index is 12.7. The number of alkyl halides is 3. The summed E-state index contributed by atoms with van der Waals surface area (Å²) in [6.45, 7) is -1.07. The highest BCUT2D eigenvalue weighted by Gasteiger charge is 2.31. The third-order valence-electron chi connectivity index (χ3n) is 3.52. The summed E-state index contributed by atoms with van der Waals surface area (Å²) in [5.41, 5.74) is -1.14. The third kappa shape index (κ3) is 4.85. The van der Waals surface area contributed by atoms with Gasteiger partial charge in [-0.1, -0.05) is 33.2 Å². The van der Waals surface area contributed by atoms with Gasteiger partial charge in [0.2, 0.25) is 5.82 Å². The van der Waals surface area contributed by atoms with E-state index in [2.05, 4.69) is 26.1 Å². The number of benzene rings is 1. The van der Waals surface area contributed by atoms with Crippen molar-refractivity contribution < 1.29 is 27.2 Å². The molecule has 11 heteroatoms. The first-order chi connectivity index (χ1) is 13.2. The van der Waals surface area contributed by atoms with Crippen LogP contribution in [0.3, 0.4) is 0 Å². The van der Waals surface area contributed by atoms with Crippen LogP contribution in [0.25, 0.3) is 11.4 Å². The molecule has 0 aliphatic heterocycles. The minimum Gasteiger partial charge on any atom is -0.454 e. The molecule has 3 rings (SSSR count). The zero-order valence-corrected chi connectivity index (χ0v) is 15.5. The summed E-state index contributed by atoms with van der Waals surface area (Å²) in [7, 11) is 0. The molecule has 0 atom stereocenters. The Hall–Kier alpha value is -2.95. The molecule has 0 aliphatic carbocycles. The minimum absolute atomic E-state index is 0.000264. The van der Waals surface area contributed by atoms with E-state index in [0.717, 1.165) is 10.5 Å². The summed E-state index contributed by atoms with van der Waals surface area (Å²) in [5, 5.41) is 3.76. The van der Waals surface area contributed by atoms with Crippen LogP contribution in [0, 0.1) is 0 Å². The second kappa shape index (κ2) is 7.97. The molecule has 3 aromatic rings. The monoisotopic (exact) mass is 457 g/mol. The molecular formula is C17H11BrF3N3O4. The van der Waals surface area contributed by atoms with Gasteiger partial charge in [0.05, 0.1) is 5.56 Å². The van der Waals surface area contributed by atoms with Crippen molar-refractivity contribution in [2.75, 3.05) is 0 Å². The van der Waals surface area contributed by atoms with Gasteiger partial charge in [-0.15, -0.1) is 0 Å². The van der Waals surface area contributed by atoms with Crippen LogP contribution in [0.1, 0.15) is 11.5 Å². The van der Waals surface area contributed by atoms with Crippen molar-refractivity contribution in [3.8, 4) is 11.4 Å². The van der Waals surface area contributed by atoms with E-state index in [-0.39, 0.29) is 18.3 Å². The van der Waals surface area contributed by atoms with Crippen LogP contribution in [0.4, 0.5) is 13.2 Å². The van der Waals surface area contributed by atoms with E-state index >= 15 is 0 Å². The van der Waals surface area contributed by atoms with E-state index in [4.69, 9.17) is 9.26 Å². The number of carbonyl (C=O) groups excluding carboxylic acids is 1. The van der Waals surface area contributed by atoms with Crippen LogP contribution in [0.15, 0.2) is 56.4 Å². The third-order valence-corrected chi connectivity index (χ3v) is 4.01. The summed E-state index contributed by atoms with van der Waals surface area (Å²) in [4.78, 5) is 27.6. The lowest BCUT2D eigenvalue weighted by Gasteiger charge is -2.10.